The van der Waals surface area contributed by atoms with Crippen LogP contribution in [-0.4, -0.2) is 15.0 Å². The Bertz CT molecular complexity index is 2290. The topological polar surface area (TPSA) is 38.7 Å². The van der Waals surface area contributed by atoms with Gasteiger partial charge in [0.15, 0.2) is 0 Å². The van der Waals surface area contributed by atoms with Crippen LogP contribution in [-0.2, 0) is 20.1 Å². The third-order valence-electron chi connectivity index (χ3n) is 8.35. The van der Waals surface area contributed by atoms with Gasteiger partial charge < -0.3 is 9.97 Å². The molecular formula is C45H33IrN3-2. The largest absolute Gasteiger partial charge is 0.305 e. The van der Waals surface area contributed by atoms with Crippen molar-refractivity contribution in [1.29, 1.82) is 0 Å². The molecule has 0 saturated carbocycles. The van der Waals surface area contributed by atoms with E-state index in [1.807, 2.05) is 79.4 Å². The number of aryl methyl sites for hydroxylation is 2. The van der Waals surface area contributed by atoms with E-state index >= 15 is 0 Å². The van der Waals surface area contributed by atoms with Crippen LogP contribution in [0.5, 0.6) is 0 Å². The number of fused-ring (bicyclic) bond motifs is 1. The van der Waals surface area contributed by atoms with Crippen LogP contribution in [0.2, 0.25) is 0 Å². The molecule has 5 aromatic carbocycles. The zero-order valence-corrected chi connectivity index (χ0v) is 29.7. The minimum atomic E-state index is 0. The van der Waals surface area contributed by atoms with Crippen molar-refractivity contribution in [2.75, 3.05) is 0 Å². The molecule has 0 saturated heterocycles. The maximum absolute atomic E-state index is 4.57. The molecule has 3 nitrogen and oxygen atoms in total. The van der Waals surface area contributed by atoms with Crippen LogP contribution in [0.15, 0.2) is 164 Å². The van der Waals surface area contributed by atoms with Crippen LogP contribution in [0.25, 0.3) is 66.7 Å². The van der Waals surface area contributed by atoms with Gasteiger partial charge in [-0.05, 0) is 65.5 Å². The molecule has 0 aliphatic carbocycles. The summed E-state index contributed by atoms with van der Waals surface area (Å²) in [4.78, 5) is 13.3. The predicted molar refractivity (Wildman–Crippen MR) is 198 cm³/mol. The molecule has 0 unspecified atom stereocenters. The number of pyridine rings is 3. The Balaban J connectivity index is 0.000000250. The Kier molecular flexibility index (Phi) is 10.6. The molecular weight excluding hydrogens is 775 g/mol. The summed E-state index contributed by atoms with van der Waals surface area (Å²) in [6, 6.07) is 54.6. The standard InChI is InChI=1S/C33H23N2.C12H10N.Ir/c1-23-10-12-25(13-11-23)28-16-17-29(30-18-20-34-22-32(28)30)31-21-26(33-9-5-6-19-35-33)14-15-27(31)24-7-3-2-4-8-24;1-10-7-8-13-12(9-10)11-5-3-2-4-6-11;/h2-13,15-22H,1H3;2-5,7-9H,1H3;/q2*-1;. The van der Waals surface area contributed by atoms with Crippen molar-refractivity contribution in [2.45, 2.75) is 13.8 Å². The van der Waals surface area contributed by atoms with Gasteiger partial charge in [0.25, 0.3) is 0 Å². The van der Waals surface area contributed by atoms with Crippen LogP contribution in [0.1, 0.15) is 11.1 Å². The van der Waals surface area contributed by atoms with Crippen molar-refractivity contribution >= 4 is 10.8 Å². The number of hydrogen-bond donors (Lipinski definition) is 0. The van der Waals surface area contributed by atoms with Gasteiger partial charge in [-0.15, -0.1) is 59.7 Å². The quantitative estimate of drug-likeness (QED) is 0.163. The molecule has 0 fully saturated rings. The third-order valence-corrected chi connectivity index (χ3v) is 8.35. The monoisotopic (exact) mass is 808 g/mol. The normalized spacial score (nSPS) is 10.5. The van der Waals surface area contributed by atoms with E-state index in [2.05, 4.69) is 126 Å². The van der Waals surface area contributed by atoms with Gasteiger partial charge in [-0.3, -0.25) is 4.98 Å². The minimum Gasteiger partial charge on any atom is -0.305 e. The maximum atomic E-state index is 4.57. The van der Waals surface area contributed by atoms with Gasteiger partial charge in [0.2, 0.25) is 0 Å². The first-order chi connectivity index (χ1) is 23.6. The molecule has 0 aliphatic heterocycles. The second-order valence-electron chi connectivity index (χ2n) is 11.7. The fourth-order valence-corrected chi connectivity index (χ4v) is 5.89. The van der Waals surface area contributed by atoms with Crippen molar-refractivity contribution in [2.24, 2.45) is 0 Å². The van der Waals surface area contributed by atoms with E-state index < -0.39 is 0 Å². The summed E-state index contributed by atoms with van der Waals surface area (Å²) in [6.45, 7) is 4.18. The molecule has 8 aromatic rings. The van der Waals surface area contributed by atoms with Gasteiger partial charge in [-0.25, -0.2) is 0 Å². The molecule has 3 aromatic heterocycles. The van der Waals surface area contributed by atoms with Crippen LogP contribution < -0.4 is 0 Å². The summed E-state index contributed by atoms with van der Waals surface area (Å²) in [5.41, 5.74) is 13.4. The van der Waals surface area contributed by atoms with Crippen LogP contribution in [0, 0.1) is 26.0 Å². The van der Waals surface area contributed by atoms with Crippen molar-refractivity contribution in [3.63, 3.8) is 0 Å². The second-order valence-corrected chi connectivity index (χ2v) is 11.7. The van der Waals surface area contributed by atoms with Crippen LogP contribution in [0.3, 0.4) is 0 Å². The molecule has 4 heteroatoms. The molecule has 1 radical (unpaired) electrons. The SMILES string of the molecule is Cc1ccc(-c2ccc(-c3cc(-c4ccccn4)[c-]cc3-c3ccccc3)c3ccncc23)cc1.Cc1ccnc(-c2[c-]cccc2)c1.[Ir]. The van der Waals surface area contributed by atoms with E-state index in [9.17, 15) is 0 Å². The molecule has 3 heterocycles. The Morgan fingerprint density at radius 2 is 1.22 bits per heavy atom. The van der Waals surface area contributed by atoms with Gasteiger partial charge in [0.05, 0.1) is 0 Å². The molecule has 0 bridgehead atoms. The zero-order chi connectivity index (χ0) is 32.7. The van der Waals surface area contributed by atoms with E-state index in [4.69, 9.17) is 0 Å². The van der Waals surface area contributed by atoms with E-state index in [0.29, 0.717) is 0 Å². The summed E-state index contributed by atoms with van der Waals surface area (Å²) in [5.74, 6) is 0. The summed E-state index contributed by atoms with van der Waals surface area (Å²) < 4.78 is 0. The van der Waals surface area contributed by atoms with Crippen LogP contribution in [0.4, 0.5) is 0 Å². The van der Waals surface area contributed by atoms with E-state index in [0.717, 1.165) is 44.6 Å². The van der Waals surface area contributed by atoms with Gasteiger partial charge in [0, 0.05) is 50.3 Å². The van der Waals surface area contributed by atoms with Gasteiger partial charge in [0.1, 0.15) is 0 Å². The van der Waals surface area contributed by atoms with Gasteiger partial charge in [-0.2, -0.15) is 0 Å². The Hall–Kier alpha value is -5.54. The minimum absolute atomic E-state index is 0. The smallest absolute Gasteiger partial charge is 0.0352 e. The average molecular weight is 808 g/mol. The summed E-state index contributed by atoms with van der Waals surface area (Å²) in [6.07, 6.45) is 7.50. The molecule has 239 valence electrons. The Labute approximate surface area is 301 Å². The van der Waals surface area contributed by atoms with E-state index in [-0.39, 0.29) is 20.1 Å². The first-order valence-electron chi connectivity index (χ1n) is 16.0. The Morgan fingerprint density at radius 3 is 1.98 bits per heavy atom. The number of rotatable bonds is 5. The third kappa shape index (κ3) is 7.63. The molecule has 0 spiro atoms. The van der Waals surface area contributed by atoms with Crippen LogP contribution >= 0.6 is 0 Å². The second kappa shape index (κ2) is 15.6. The molecule has 49 heavy (non-hydrogen) atoms. The molecule has 0 aliphatic rings. The number of nitrogens with zero attached hydrogens (tertiary/aromatic N) is 3. The Morgan fingerprint density at radius 1 is 0.469 bits per heavy atom. The van der Waals surface area contributed by atoms with Crippen molar-refractivity contribution < 1.29 is 20.1 Å². The van der Waals surface area contributed by atoms with Crippen molar-refractivity contribution in [1.82, 2.24) is 15.0 Å². The number of hydrogen-bond acceptors (Lipinski definition) is 3. The first kappa shape index (κ1) is 33.4. The summed E-state index contributed by atoms with van der Waals surface area (Å²) in [5, 5.41) is 2.31. The first-order valence-corrected chi connectivity index (χ1v) is 16.0. The molecule has 0 amide bonds. The fourth-order valence-electron chi connectivity index (χ4n) is 5.89. The average Bonchev–Trinajstić information content (AvgIpc) is 3.16. The summed E-state index contributed by atoms with van der Waals surface area (Å²) in [7, 11) is 0. The van der Waals surface area contributed by atoms with Crippen molar-refractivity contribution in [3.8, 4) is 55.9 Å². The van der Waals surface area contributed by atoms with E-state index in [1.165, 1.54) is 33.2 Å². The zero-order valence-electron chi connectivity index (χ0n) is 27.3. The fraction of sp³-hybridized carbons (Fsp3) is 0.0444. The molecule has 0 atom stereocenters. The maximum Gasteiger partial charge on any atom is 0.0352 e. The molecule has 8 rings (SSSR count). The number of benzene rings is 5. The van der Waals surface area contributed by atoms with Gasteiger partial charge >= 0.3 is 0 Å². The molecule has 0 N–H and O–H groups in total. The van der Waals surface area contributed by atoms with Gasteiger partial charge in [-0.1, -0.05) is 113 Å². The summed E-state index contributed by atoms with van der Waals surface area (Å²) >= 11 is 0. The number of aromatic nitrogens is 3. The van der Waals surface area contributed by atoms with E-state index in [1.54, 1.807) is 0 Å². The predicted octanol–water partition coefficient (Wildman–Crippen LogP) is 11.3. The van der Waals surface area contributed by atoms with Crippen molar-refractivity contribution in [3.05, 3.63) is 188 Å².